The molecule has 9 nitrogen and oxygen atoms in total. The molecular weight excluding hydrogens is 596 g/mol. The molecule has 246 valence electrons. The van der Waals surface area contributed by atoms with E-state index in [1.54, 1.807) is 35.5 Å². The molecule has 9 heteroatoms. The highest BCUT2D eigenvalue weighted by Crippen LogP contribution is 2.52. The van der Waals surface area contributed by atoms with Gasteiger partial charge in [-0.25, -0.2) is 0 Å². The predicted molar refractivity (Wildman–Crippen MR) is 179 cm³/mol. The average molecular weight is 639 g/mol. The normalized spacial score (nSPS) is 21.8. The van der Waals surface area contributed by atoms with Crippen LogP contribution in [0.1, 0.15) is 45.5 Å². The van der Waals surface area contributed by atoms with Crippen molar-refractivity contribution in [2.24, 2.45) is 0 Å². The van der Waals surface area contributed by atoms with Crippen LogP contribution in [0, 0.1) is 5.21 Å². The van der Waals surface area contributed by atoms with Crippen LogP contribution in [0.25, 0.3) is 0 Å². The molecule has 0 fully saturated rings. The SMILES string of the molecule is COc1ccc2cc1Oc1ccc(cc1)C[C@@H]1c3cc(c(OC)cc3CC[N+]1(C)[O-])Oc1c(OC)c(OC)cc3c1[C@H](C2)N(C)CC3. The van der Waals surface area contributed by atoms with Gasteiger partial charge >= 0.3 is 0 Å². The van der Waals surface area contributed by atoms with Crippen molar-refractivity contribution in [2.45, 2.75) is 37.8 Å². The molecule has 4 heterocycles. The zero-order valence-corrected chi connectivity index (χ0v) is 27.9. The maximum Gasteiger partial charge on any atom is 0.204 e. The zero-order chi connectivity index (χ0) is 32.9. The number of rotatable bonds is 4. The van der Waals surface area contributed by atoms with Crippen LogP contribution in [0.2, 0.25) is 0 Å². The number of nitrogens with zero attached hydrogens (tertiary/aromatic N) is 2. The third kappa shape index (κ3) is 5.62. The lowest BCUT2D eigenvalue weighted by Crippen LogP contribution is -2.47. The Morgan fingerprint density at radius 3 is 2.17 bits per heavy atom. The van der Waals surface area contributed by atoms with E-state index in [1.807, 2.05) is 42.5 Å². The maximum atomic E-state index is 14.1. The Morgan fingerprint density at radius 1 is 0.745 bits per heavy atom. The number of ether oxygens (including phenoxy) is 6. The lowest BCUT2D eigenvalue weighted by atomic mass is 9.87. The molecule has 0 aliphatic carbocycles. The molecule has 4 aromatic carbocycles. The van der Waals surface area contributed by atoms with Gasteiger partial charge in [-0.15, -0.1) is 0 Å². The largest absolute Gasteiger partial charge is 0.633 e. The molecule has 0 saturated carbocycles. The maximum absolute atomic E-state index is 14.1. The fraction of sp³-hybridized carbons (Fsp3) is 0.368. The lowest BCUT2D eigenvalue weighted by Gasteiger charge is -2.49. The van der Waals surface area contributed by atoms with Crippen LogP contribution in [-0.2, 0) is 25.7 Å². The van der Waals surface area contributed by atoms with Crippen LogP contribution in [0.3, 0.4) is 0 Å². The van der Waals surface area contributed by atoms with Crippen molar-refractivity contribution in [2.75, 3.05) is 55.6 Å². The molecule has 1 unspecified atom stereocenters. The number of quaternary nitrogens is 1. The Labute approximate surface area is 276 Å². The first-order valence-corrected chi connectivity index (χ1v) is 16.1. The van der Waals surface area contributed by atoms with Crippen LogP contribution in [0.5, 0.6) is 46.0 Å². The quantitative estimate of drug-likeness (QED) is 0.172. The number of hydrogen-bond acceptors (Lipinski definition) is 8. The Morgan fingerprint density at radius 2 is 1.45 bits per heavy atom. The summed E-state index contributed by atoms with van der Waals surface area (Å²) in [6, 6.07) is 19.8. The molecule has 4 aromatic rings. The van der Waals surface area contributed by atoms with Gasteiger partial charge in [0.2, 0.25) is 5.75 Å². The fourth-order valence-corrected chi connectivity index (χ4v) is 7.42. The highest BCUT2D eigenvalue weighted by atomic mass is 16.6. The van der Waals surface area contributed by atoms with E-state index >= 15 is 0 Å². The Hall–Kier alpha value is -4.44. The number of fused-ring (bicyclic) bond motifs is 2. The number of hydrogen-bond donors (Lipinski definition) is 0. The third-order valence-electron chi connectivity index (χ3n) is 10.1. The second-order valence-corrected chi connectivity index (χ2v) is 12.9. The van der Waals surface area contributed by atoms with Gasteiger partial charge in [0.1, 0.15) is 11.8 Å². The topological polar surface area (TPSA) is 81.7 Å². The first-order valence-electron chi connectivity index (χ1n) is 16.1. The van der Waals surface area contributed by atoms with Crippen molar-refractivity contribution < 1.29 is 33.1 Å². The van der Waals surface area contributed by atoms with E-state index in [0.717, 1.165) is 46.3 Å². The number of likely N-dealkylation sites (N-methyl/N-ethyl adjacent to an activating group) is 2. The van der Waals surface area contributed by atoms with Crippen molar-refractivity contribution >= 4 is 0 Å². The number of benzene rings is 4. The smallest absolute Gasteiger partial charge is 0.204 e. The van der Waals surface area contributed by atoms with Gasteiger partial charge in [-0.3, -0.25) is 4.90 Å². The van der Waals surface area contributed by atoms with Crippen molar-refractivity contribution in [3.05, 3.63) is 99.3 Å². The summed E-state index contributed by atoms with van der Waals surface area (Å²) < 4.78 is 36.5. The molecule has 0 aromatic heterocycles. The Bertz CT molecular complexity index is 1800. The lowest BCUT2D eigenvalue weighted by molar-refractivity contribution is -0.894. The summed E-state index contributed by atoms with van der Waals surface area (Å²) in [5.41, 5.74) is 6.37. The second-order valence-electron chi connectivity index (χ2n) is 12.9. The molecule has 0 saturated heterocycles. The molecule has 0 radical (unpaired) electrons. The summed E-state index contributed by atoms with van der Waals surface area (Å²) in [7, 11) is 10.5. The van der Waals surface area contributed by atoms with Gasteiger partial charge in [-0.2, -0.15) is 0 Å². The summed E-state index contributed by atoms with van der Waals surface area (Å²) in [5, 5.41) is 14.1. The molecule has 3 atom stereocenters. The molecule has 0 spiro atoms. The molecule has 4 aliphatic heterocycles. The van der Waals surface area contributed by atoms with Gasteiger partial charge in [-0.1, -0.05) is 18.2 Å². The van der Waals surface area contributed by atoms with Crippen molar-refractivity contribution in [1.82, 2.24) is 4.90 Å². The van der Waals surface area contributed by atoms with Gasteiger partial charge in [0, 0.05) is 36.6 Å². The van der Waals surface area contributed by atoms with Crippen LogP contribution >= 0.6 is 0 Å². The second kappa shape index (κ2) is 12.3. The van der Waals surface area contributed by atoms with Gasteiger partial charge in [-0.05, 0) is 84.6 Å². The van der Waals surface area contributed by atoms with Crippen LogP contribution in [-0.4, -0.2) is 65.2 Å². The predicted octanol–water partition coefficient (Wildman–Crippen LogP) is 7.18. The monoisotopic (exact) mass is 638 g/mol. The van der Waals surface area contributed by atoms with E-state index < -0.39 is 0 Å². The summed E-state index contributed by atoms with van der Waals surface area (Å²) >= 11 is 0. The van der Waals surface area contributed by atoms with E-state index in [4.69, 9.17) is 28.4 Å². The van der Waals surface area contributed by atoms with E-state index in [0.29, 0.717) is 71.8 Å². The van der Waals surface area contributed by atoms with Crippen LogP contribution in [0.4, 0.5) is 0 Å². The van der Waals surface area contributed by atoms with Gasteiger partial charge in [0.15, 0.2) is 34.5 Å². The zero-order valence-electron chi connectivity index (χ0n) is 27.9. The molecule has 4 aliphatic rings. The fourth-order valence-electron chi connectivity index (χ4n) is 7.42. The van der Waals surface area contributed by atoms with Gasteiger partial charge in [0.25, 0.3) is 0 Å². The first kappa shape index (κ1) is 31.2. The highest BCUT2D eigenvalue weighted by molar-refractivity contribution is 5.63. The highest BCUT2D eigenvalue weighted by Gasteiger charge is 2.37. The Balaban J connectivity index is 1.48. The van der Waals surface area contributed by atoms with Crippen LogP contribution < -0.4 is 28.4 Å². The molecular formula is C38H42N2O7. The first-order chi connectivity index (χ1) is 22.7. The minimum absolute atomic E-state index is 0.0501. The minimum Gasteiger partial charge on any atom is -0.633 e. The molecule has 6 bridgehead atoms. The van der Waals surface area contributed by atoms with E-state index in [2.05, 4.69) is 30.1 Å². The van der Waals surface area contributed by atoms with Gasteiger partial charge < -0.3 is 38.3 Å². The molecule has 47 heavy (non-hydrogen) atoms. The van der Waals surface area contributed by atoms with Crippen molar-refractivity contribution in [3.8, 4) is 46.0 Å². The minimum atomic E-state index is -0.383. The van der Waals surface area contributed by atoms with Crippen LogP contribution in [0.15, 0.2) is 60.7 Å². The third-order valence-corrected chi connectivity index (χ3v) is 10.1. The van der Waals surface area contributed by atoms with Gasteiger partial charge in [0.05, 0.1) is 42.0 Å². The van der Waals surface area contributed by atoms with E-state index in [9.17, 15) is 5.21 Å². The molecule has 0 amide bonds. The van der Waals surface area contributed by atoms with Crippen molar-refractivity contribution in [3.63, 3.8) is 0 Å². The van der Waals surface area contributed by atoms with E-state index in [-0.39, 0.29) is 16.7 Å². The van der Waals surface area contributed by atoms with E-state index in [1.165, 1.54) is 0 Å². The number of methoxy groups -OCH3 is 4. The Kier molecular flexibility index (Phi) is 8.16. The number of hydroxylamine groups is 3. The van der Waals surface area contributed by atoms with Crippen molar-refractivity contribution in [1.29, 1.82) is 0 Å². The summed E-state index contributed by atoms with van der Waals surface area (Å²) in [6.45, 7) is 1.34. The summed E-state index contributed by atoms with van der Waals surface area (Å²) in [4.78, 5) is 2.35. The molecule has 8 rings (SSSR count). The molecule has 0 N–H and O–H groups in total. The summed E-state index contributed by atoms with van der Waals surface area (Å²) in [6.07, 6.45) is 2.72. The summed E-state index contributed by atoms with van der Waals surface area (Å²) in [5.74, 6) is 4.85. The standard InChI is InChI=1S/C38H42N2O7/c1-39-15-13-26-21-35(44-5)37(45-6)38-36(26)29(39)17-24-9-12-31(42-3)33(19-24)46-27-10-7-23(8-11-27)18-30-28-22-34(47-38)32(43-4)20-25(28)14-16-40(30,2)41/h7-12,19-22,29-30H,13-18H2,1-6H3/t29-,30+,40?/m0/s1. The average Bonchev–Trinajstić information content (AvgIpc) is 3.07.